The van der Waals surface area contributed by atoms with Crippen molar-refractivity contribution in [3.8, 4) is 0 Å². The molecular weight excluding hydrogens is 384 g/mol. The molecule has 0 atom stereocenters. The van der Waals surface area contributed by atoms with Gasteiger partial charge < -0.3 is 24.0 Å². The van der Waals surface area contributed by atoms with Gasteiger partial charge in [-0.1, -0.05) is 6.92 Å². The van der Waals surface area contributed by atoms with Crippen molar-refractivity contribution in [3.05, 3.63) is 35.9 Å². The van der Waals surface area contributed by atoms with Gasteiger partial charge in [0, 0.05) is 0 Å². The number of halogens is 1. The summed E-state index contributed by atoms with van der Waals surface area (Å²) >= 11 is 0. The molecule has 0 aromatic heterocycles. The third kappa shape index (κ3) is 5.89. The van der Waals surface area contributed by atoms with E-state index in [1.165, 1.54) is 5.56 Å². The van der Waals surface area contributed by atoms with Gasteiger partial charge in [0.15, 0.2) is 0 Å². The number of aryl methyl sites for hydroxylation is 1. The van der Waals surface area contributed by atoms with Crippen molar-refractivity contribution in [3.63, 3.8) is 0 Å². The molecule has 0 heterocycles. The van der Waals surface area contributed by atoms with Crippen LogP contribution in [0, 0.1) is 59.9 Å². The van der Waals surface area contributed by atoms with Crippen molar-refractivity contribution < 1.29 is 70.9 Å². The molecule has 1 aromatic rings. The van der Waals surface area contributed by atoms with Gasteiger partial charge >= 0.3 is 46.9 Å². The van der Waals surface area contributed by atoms with E-state index in [-0.39, 0.29) is 70.9 Å². The molecule has 0 bridgehead atoms. The van der Waals surface area contributed by atoms with Gasteiger partial charge in [0.25, 0.3) is 0 Å². The maximum absolute atomic E-state index is 2.93. The van der Waals surface area contributed by atoms with Crippen molar-refractivity contribution >= 4 is 0 Å². The maximum Gasteiger partial charge on any atom is 3.00 e. The molecule has 0 N–H and O–H groups in total. The van der Waals surface area contributed by atoms with Crippen molar-refractivity contribution in [2.75, 3.05) is 0 Å². The smallest absolute Gasteiger partial charge is 1.00 e. The predicted molar refractivity (Wildman–Crippen MR) is 30.0 cm³/mol. The summed E-state index contributed by atoms with van der Waals surface area (Å²) in [5.41, 5.74) is 1.29. The molecule has 0 spiro atoms. The second-order valence-electron chi connectivity index (χ2n) is 1.58. The number of rotatable bonds is 0. The van der Waals surface area contributed by atoms with E-state index >= 15 is 0 Å². The van der Waals surface area contributed by atoms with Crippen LogP contribution in [0.15, 0.2) is 24.3 Å². The summed E-state index contributed by atoms with van der Waals surface area (Å²) in [4.78, 5) is 0. The van der Waals surface area contributed by atoms with E-state index in [9.17, 15) is 0 Å². The minimum Gasteiger partial charge on any atom is -1.00 e. The zero-order valence-electron chi connectivity index (χ0n) is 4.95. The summed E-state index contributed by atoms with van der Waals surface area (Å²) < 4.78 is 0. The SMILES string of the molecule is Cc1cc[c-]cc1.[I-].[Yb+3]. The van der Waals surface area contributed by atoms with Gasteiger partial charge in [0.1, 0.15) is 0 Å². The van der Waals surface area contributed by atoms with E-state index in [0.29, 0.717) is 0 Å². The largest absolute Gasteiger partial charge is 3.00 e. The quantitative estimate of drug-likeness (QED) is 0.385. The van der Waals surface area contributed by atoms with Crippen LogP contribution in [0.3, 0.4) is 0 Å². The van der Waals surface area contributed by atoms with Gasteiger partial charge in [0.05, 0.1) is 0 Å². The van der Waals surface area contributed by atoms with Crippen LogP contribution >= 0.6 is 0 Å². The summed E-state index contributed by atoms with van der Waals surface area (Å²) in [7, 11) is 0. The zero-order valence-corrected chi connectivity index (χ0v) is 8.83. The first-order valence-corrected chi connectivity index (χ1v) is 2.32. The van der Waals surface area contributed by atoms with Crippen LogP contribution in [-0.4, -0.2) is 0 Å². The normalized spacial score (nSPS) is 6.78. The van der Waals surface area contributed by atoms with Crippen LogP contribution in [0.25, 0.3) is 0 Å². The molecular formula is C7H7IYb+. The Bertz CT molecular complexity index is 139. The Morgan fingerprint density at radius 1 is 1.22 bits per heavy atom. The van der Waals surface area contributed by atoms with E-state index in [2.05, 4.69) is 13.0 Å². The Balaban J connectivity index is 0. The molecule has 1 rings (SSSR count). The third-order valence-electron chi connectivity index (χ3n) is 0.885. The molecule has 2 heteroatoms. The average molecular weight is 391 g/mol. The topological polar surface area (TPSA) is 0 Å². The number of hydrogen-bond donors (Lipinski definition) is 0. The molecule has 0 nitrogen and oxygen atoms in total. The summed E-state index contributed by atoms with van der Waals surface area (Å²) in [6, 6.07) is 10.8. The first-order chi connectivity index (χ1) is 3.39. The fourth-order valence-electron chi connectivity index (χ4n) is 0.470. The summed E-state index contributed by atoms with van der Waals surface area (Å²) in [6.45, 7) is 2.06. The Labute approximate surface area is 112 Å². The Morgan fingerprint density at radius 2 is 1.67 bits per heavy atom. The fraction of sp³-hybridized carbons (Fsp3) is 0.143. The van der Waals surface area contributed by atoms with Crippen LogP contribution in [-0.2, 0) is 0 Å². The van der Waals surface area contributed by atoms with Gasteiger partial charge in [-0.15, -0.1) is 0 Å². The number of hydrogen-bond acceptors (Lipinski definition) is 0. The predicted octanol–water partition coefficient (Wildman–Crippen LogP) is -1.20. The zero-order chi connectivity index (χ0) is 5.11. The molecule has 0 aliphatic heterocycles. The van der Waals surface area contributed by atoms with Crippen molar-refractivity contribution in [1.82, 2.24) is 0 Å². The molecule has 0 unspecified atom stereocenters. The average Bonchev–Trinajstić information content (AvgIpc) is 1.69. The second kappa shape index (κ2) is 7.58. The monoisotopic (exact) mass is 392 g/mol. The molecule has 1 aromatic carbocycles. The fourth-order valence-corrected chi connectivity index (χ4v) is 0.470. The van der Waals surface area contributed by atoms with E-state index < -0.39 is 0 Å². The van der Waals surface area contributed by atoms with Crippen molar-refractivity contribution in [2.45, 2.75) is 6.92 Å². The third-order valence-corrected chi connectivity index (χ3v) is 0.885. The molecule has 0 aliphatic rings. The Hall–Kier alpha value is 1.47. The molecule has 0 saturated carbocycles. The van der Waals surface area contributed by atoms with Gasteiger partial charge in [0.2, 0.25) is 0 Å². The molecule has 1 radical (unpaired) electrons. The minimum atomic E-state index is 0. The van der Waals surface area contributed by atoms with Gasteiger partial charge in [-0.3, -0.25) is 0 Å². The summed E-state index contributed by atoms with van der Waals surface area (Å²) in [5.74, 6) is 0. The Kier molecular flexibility index (Phi) is 11.0. The standard InChI is InChI=1S/C7H7.HI.Yb/c1-7-5-3-2-4-6-7;;/h3-6H,1H3;1H;/q-1;;+3/p-1. The first-order valence-electron chi connectivity index (χ1n) is 2.32. The second-order valence-corrected chi connectivity index (χ2v) is 1.58. The van der Waals surface area contributed by atoms with Gasteiger partial charge in [-0.25, -0.2) is 0 Å². The molecule has 0 fully saturated rings. The van der Waals surface area contributed by atoms with E-state index in [1.54, 1.807) is 0 Å². The van der Waals surface area contributed by atoms with E-state index in [1.807, 2.05) is 24.3 Å². The van der Waals surface area contributed by atoms with Gasteiger partial charge in [-0.05, 0) is 0 Å². The Morgan fingerprint density at radius 3 is 1.89 bits per heavy atom. The van der Waals surface area contributed by atoms with E-state index in [4.69, 9.17) is 0 Å². The summed E-state index contributed by atoms with van der Waals surface area (Å²) in [5, 5.41) is 0. The number of benzene rings is 1. The van der Waals surface area contributed by atoms with Crippen LogP contribution in [0.2, 0.25) is 0 Å². The molecule has 55 valence electrons. The minimum absolute atomic E-state index is 0. The van der Waals surface area contributed by atoms with Crippen molar-refractivity contribution in [1.29, 1.82) is 0 Å². The van der Waals surface area contributed by atoms with Gasteiger partial charge in [-0.2, -0.15) is 35.9 Å². The molecule has 0 saturated heterocycles. The first kappa shape index (κ1) is 13.1. The van der Waals surface area contributed by atoms with Crippen LogP contribution in [0.4, 0.5) is 0 Å². The molecule has 0 amide bonds. The molecule has 9 heavy (non-hydrogen) atoms. The summed E-state index contributed by atoms with van der Waals surface area (Å²) in [6.07, 6.45) is 0. The van der Waals surface area contributed by atoms with Crippen molar-refractivity contribution in [2.24, 2.45) is 0 Å². The van der Waals surface area contributed by atoms with Crippen LogP contribution in [0.5, 0.6) is 0 Å². The molecule has 0 aliphatic carbocycles. The van der Waals surface area contributed by atoms with E-state index in [0.717, 1.165) is 0 Å². The van der Waals surface area contributed by atoms with Crippen LogP contribution in [0.1, 0.15) is 5.56 Å². The maximum atomic E-state index is 2.93. The van der Waals surface area contributed by atoms with Crippen LogP contribution < -0.4 is 24.0 Å².